The molecule has 2 rings (SSSR count). The van der Waals surface area contributed by atoms with Gasteiger partial charge in [-0.2, -0.15) is 0 Å². The molecule has 0 saturated heterocycles. The summed E-state index contributed by atoms with van der Waals surface area (Å²) in [7, 11) is 0. The molecule has 0 saturated carbocycles. The zero-order chi connectivity index (χ0) is 19.8. The van der Waals surface area contributed by atoms with Crippen LogP contribution in [-0.4, -0.2) is 35.9 Å². The third-order valence-corrected chi connectivity index (χ3v) is 4.42. The molecule has 0 heterocycles. The maximum Gasteiger partial charge on any atom is 0.261 e. The molecule has 1 N–H and O–H groups in total. The summed E-state index contributed by atoms with van der Waals surface area (Å²) in [6, 6.07) is 14.1. The lowest BCUT2D eigenvalue weighted by Gasteiger charge is -2.28. The van der Waals surface area contributed by atoms with Crippen LogP contribution in [0.2, 0.25) is 5.02 Å². The van der Waals surface area contributed by atoms with E-state index >= 15 is 0 Å². The molecule has 0 unspecified atom stereocenters. The fourth-order valence-corrected chi connectivity index (χ4v) is 2.68. The number of hydrogen-bond donors (Lipinski definition) is 1. The van der Waals surface area contributed by atoms with E-state index in [-0.39, 0.29) is 18.4 Å². The van der Waals surface area contributed by atoms with Gasteiger partial charge in [0, 0.05) is 18.1 Å². The first-order valence-corrected chi connectivity index (χ1v) is 9.29. The second kappa shape index (κ2) is 9.97. The Morgan fingerprint density at radius 2 is 1.74 bits per heavy atom. The molecule has 2 aromatic carbocycles. The van der Waals surface area contributed by atoms with E-state index in [1.165, 1.54) is 4.90 Å². The fourth-order valence-electron chi connectivity index (χ4n) is 2.55. The molecule has 27 heavy (non-hydrogen) atoms. The summed E-state index contributed by atoms with van der Waals surface area (Å²) in [4.78, 5) is 26.6. The highest BCUT2D eigenvalue weighted by molar-refractivity contribution is 6.30. The normalized spacial score (nSPS) is 11.6. The molecule has 0 aliphatic heterocycles. The van der Waals surface area contributed by atoms with Gasteiger partial charge in [-0.05, 0) is 50.6 Å². The number of nitrogens with one attached hydrogen (secondary N) is 1. The minimum absolute atomic E-state index is 0.156. The van der Waals surface area contributed by atoms with Crippen LogP contribution in [0.25, 0.3) is 0 Å². The third kappa shape index (κ3) is 6.29. The lowest BCUT2D eigenvalue weighted by molar-refractivity contribution is -0.142. The second-order valence-corrected chi connectivity index (χ2v) is 6.76. The zero-order valence-electron chi connectivity index (χ0n) is 15.9. The van der Waals surface area contributed by atoms with E-state index in [1.54, 1.807) is 31.2 Å². The van der Waals surface area contributed by atoms with Crippen LogP contribution in [0.3, 0.4) is 0 Å². The first kappa shape index (κ1) is 20.8. The Morgan fingerprint density at radius 3 is 2.33 bits per heavy atom. The van der Waals surface area contributed by atoms with Crippen LogP contribution in [-0.2, 0) is 16.1 Å². The SMILES string of the molecule is CCNC(=O)[C@@H](C)N(Cc1ccc(C)cc1)C(=O)COc1ccc(Cl)cc1. The van der Waals surface area contributed by atoms with E-state index in [2.05, 4.69) is 5.32 Å². The van der Waals surface area contributed by atoms with E-state index in [0.29, 0.717) is 23.9 Å². The van der Waals surface area contributed by atoms with Crippen LogP contribution in [0, 0.1) is 6.92 Å². The third-order valence-electron chi connectivity index (χ3n) is 4.17. The van der Waals surface area contributed by atoms with Crippen molar-refractivity contribution in [3.05, 3.63) is 64.7 Å². The topological polar surface area (TPSA) is 58.6 Å². The van der Waals surface area contributed by atoms with E-state index in [0.717, 1.165) is 11.1 Å². The van der Waals surface area contributed by atoms with Gasteiger partial charge < -0.3 is 15.0 Å². The van der Waals surface area contributed by atoms with Gasteiger partial charge in [0.1, 0.15) is 11.8 Å². The number of ether oxygens (including phenoxy) is 1. The number of hydrogen-bond acceptors (Lipinski definition) is 3. The van der Waals surface area contributed by atoms with E-state index in [1.807, 2.05) is 38.1 Å². The van der Waals surface area contributed by atoms with Crippen molar-refractivity contribution in [2.24, 2.45) is 0 Å². The van der Waals surface area contributed by atoms with Gasteiger partial charge in [-0.3, -0.25) is 9.59 Å². The van der Waals surface area contributed by atoms with Crippen molar-refractivity contribution in [3.8, 4) is 5.75 Å². The molecule has 1 atom stereocenters. The van der Waals surface area contributed by atoms with Gasteiger partial charge in [0.25, 0.3) is 5.91 Å². The monoisotopic (exact) mass is 388 g/mol. The zero-order valence-corrected chi connectivity index (χ0v) is 16.6. The van der Waals surface area contributed by atoms with Gasteiger partial charge in [-0.1, -0.05) is 41.4 Å². The molecule has 6 heteroatoms. The van der Waals surface area contributed by atoms with Crippen molar-refractivity contribution in [1.82, 2.24) is 10.2 Å². The molecule has 2 aromatic rings. The minimum Gasteiger partial charge on any atom is -0.484 e. The summed E-state index contributed by atoms with van der Waals surface area (Å²) in [6.45, 7) is 6.26. The molecule has 0 aliphatic rings. The summed E-state index contributed by atoms with van der Waals surface area (Å²) in [5.41, 5.74) is 2.09. The number of rotatable bonds is 8. The predicted molar refractivity (Wildman–Crippen MR) is 107 cm³/mol. The molecule has 0 radical (unpaired) electrons. The van der Waals surface area contributed by atoms with Gasteiger partial charge in [0.15, 0.2) is 6.61 Å². The van der Waals surface area contributed by atoms with Crippen molar-refractivity contribution in [3.63, 3.8) is 0 Å². The fraction of sp³-hybridized carbons (Fsp3) is 0.333. The van der Waals surface area contributed by atoms with Crippen LogP contribution < -0.4 is 10.1 Å². The van der Waals surface area contributed by atoms with Crippen molar-refractivity contribution >= 4 is 23.4 Å². The number of benzene rings is 2. The van der Waals surface area contributed by atoms with Crippen LogP contribution in [0.1, 0.15) is 25.0 Å². The van der Waals surface area contributed by atoms with Crippen LogP contribution in [0.15, 0.2) is 48.5 Å². The Labute approximate surface area is 165 Å². The maximum absolute atomic E-state index is 12.8. The van der Waals surface area contributed by atoms with Gasteiger partial charge in [0.2, 0.25) is 5.91 Å². The number of carbonyl (C=O) groups excluding carboxylic acids is 2. The standard InChI is InChI=1S/C21H25ClN2O3/c1-4-23-21(26)16(3)24(13-17-7-5-15(2)6-8-17)20(25)14-27-19-11-9-18(22)10-12-19/h5-12,16H,4,13-14H2,1-3H3,(H,23,26)/t16-/m1/s1. The Balaban J connectivity index is 2.11. The molecule has 0 fully saturated rings. The van der Waals surface area contributed by atoms with Crippen molar-refractivity contribution in [2.75, 3.05) is 13.2 Å². The first-order valence-electron chi connectivity index (χ1n) is 8.91. The summed E-state index contributed by atoms with van der Waals surface area (Å²) in [6.07, 6.45) is 0. The number of amides is 2. The Kier molecular flexibility index (Phi) is 7.67. The summed E-state index contributed by atoms with van der Waals surface area (Å²) in [5.74, 6) is 0.0995. The summed E-state index contributed by atoms with van der Waals surface area (Å²) in [5, 5.41) is 3.36. The molecular weight excluding hydrogens is 364 g/mol. The molecule has 0 aliphatic carbocycles. The predicted octanol–water partition coefficient (Wildman–Crippen LogP) is 3.58. The first-order chi connectivity index (χ1) is 12.9. The molecule has 0 aromatic heterocycles. The van der Waals surface area contributed by atoms with Crippen LogP contribution >= 0.6 is 11.6 Å². The average Bonchev–Trinajstić information content (AvgIpc) is 2.66. The number of aryl methyl sites for hydroxylation is 1. The van der Waals surface area contributed by atoms with Gasteiger partial charge in [-0.15, -0.1) is 0 Å². The highest BCUT2D eigenvalue weighted by atomic mass is 35.5. The quantitative estimate of drug-likeness (QED) is 0.751. The van der Waals surface area contributed by atoms with Crippen molar-refractivity contribution in [2.45, 2.75) is 33.4 Å². The van der Waals surface area contributed by atoms with Gasteiger partial charge >= 0.3 is 0 Å². The summed E-state index contributed by atoms with van der Waals surface area (Å²) < 4.78 is 5.57. The van der Waals surface area contributed by atoms with Crippen LogP contribution in [0.4, 0.5) is 0 Å². The number of carbonyl (C=O) groups is 2. The van der Waals surface area contributed by atoms with E-state index in [4.69, 9.17) is 16.3 Å². The maximum atomic E-state index is 12.8. The molecule has 2 amide bonds. The Morgan fingerprint density at radius 1 is 1.11 bits per heavy atom. The second-order valence-electron chi connectivity index (χ2n) is 6.32. The Bertz CT molecular complexity index is 760. The van der Waals surface area contributed by atoms with Crippen LogP contribution in [0.5, 0.6) is 5.75 Å². The number of nitrogens with zero attached hydrogens (tertiary/aromatic N) is 1. The largest absolute Gasteiger partial charge is 0.484 e. The number of likely N-dealkylation sites (N-methyl/N-ethyl adjacent to an activating group) is 1. The van der Waals surface area contributed by atoms with E-state index in [9.17, 15) is 9.59 Å². The van der Waals surface area contributed by atoms with E-state index < -0.39 is 6.04 Å². The van der Waals surface area contributed by atoms with Crippen molar-refractivity contribution < 1.29 is 14.3 Å². The molecule has 0 bridgehead atoms. The number of halogens is 1. The molecule has 144 valence electrons. The molecule has 5 nitrogen and oxygen atoms in total. The smallest absolute Gasteiger partial charge is 0.261 e. The highest BCUT2D eigenvalue weighted by Crippen LogP contribution is 2.16. The lowest BCUT2D eigenvalue weighted by atomic mass is 10.1. The molecular formula is C21H25ClN2O3. The lowest BCUT2D eigenvalue weighted by Crippen LogP contribution is -2.49. The highest BCUT2D eigenvalue weighted by Gasteiger charge is 2.26. The minimum atomic E-state index is -0.604. The molecule has 0 spiro atoms. The average molecular weight is 389 g/mol. The van der Waals surface area contributed by atoms with Gasteiger partial charge in [0.05, 0.1) is 0 Å². The van der Waals surface area contributed by atoms with Crippen molar-refractivity contribution in [1.29, 1.82) is 0 Å². The Hall–Kier alpha value is -2.53. The van der Waals surface area contributed by atoms with Gasteiger partial charge in [-0.25, -0.2) is 0 Å². The summed E-state index contributed by atoms with van der Waals surface area (Å²) >= 11 is 5.86.